The molecule has 1 nitrogen and oxygen atoms in total. The highest BCUT2D eigenvalue weighted by molar-refractivity contribution is 6.13. The molecule has 75 heavy (non-hydrogen) atoms. The van der Waals surface area contributed by atoms with E-state index in [1.54, 1.807) is 0 Å². The van der Waals surface area contributed by atoms with Crippen molar-refractivity contribution in [3.8, 4) is 55.6 Å². The highest BCUT2D eigenvalue weighted by Crippen LogP contribution is 2.64. The van der Waals surface area contributed by atoms with Gasteiger partial charge in [0.15, 0.2) is 0 Å². The zero-order valence-corrected chi connectivity index (χ0v) is 44.3. The summed E-state index contributed by atoms with van der Waals surface area (Å²) in [5.74, 6) is 0. The minimum absolute atomic E-state index is 0.00315. The Morgan fingerprint density at radius 1 is 0.320 bits per heavy atom. The summed E-state index contributed by atoms with van der Waals surface area (Å²) < 4.78 is 0. The summed E-state index contributed by atoms with van der Waals surface area (Å²) >= 11 is 0. The van der Waals surface area contributed by atoms with Crippen LogP contribution in [0.1, 0.15) is 99.9 Å². The van der Waals surface area contributed by atoms with E-state index in [4.69, 9.17) is 0 Å². The van der Waals surface area contributed by atoms with Crippen LogP contribution >= 0.6 is 0 Å². The number of fused-ring (bicyclic) bond motifs is 16. The summed E-state index contributed by atoms with van der Waals surface area (Å²) in [4.78, 5) is 2.51. The van der Waals surface area contributed by atoms with Crippen molar-refractivity contribution in [1.82, 2.24) is 0 Å². The molecule has 0 N–H and O–H groups in total. The Morgan fingerprint density at radius 3 is 1.57 bits per heavy atom. The van der Waals surface area contributed by atoms with Crippen LogP contribution in [-0.2, 0) is 21.7 Å². The van der Waals surface area contributed by atoms with Gasteiger partial charge < -0.3 is 4.90 Å². The second-order valence-corrected chi connectivity index (χ2v) is 24.0. The molecule has 1 spiro atoms. The highest BCUT2D eigenvalue weighted by atomic mass is 15.1. The van der Waals surface area contributed by atoms with Crippen molar-refractivity contribution in [2.45, 2.75) is 77.0 Å². The lowest BCUT2D eigenvalue weighted by molar-refractivity contribution is 0.586. The lowest BCUT2D eigenvalue weighted by Gasteiger charge is -2.33. The molecule has 0 heterocycles. The van der Waals surface area contributed by atoms with Gasteiger partial charge in [-0.25, -0.2) is 0 Å². The van der Waals surface area contributed by atoms with Crippen LogP contribution in [0, 0.1) is 0 Å². The normalized spacial score (nSPS) is 14.3. The molecule has 0 amide bonds. The largest absolute Gasteiger partial charge is 0.309 e. The first-order chi connectivity index (χ1) is 36.2. The average molecular weight is 964 g/mol. The molecule has 11 aromatic rings. The van der Waals surface area contributed by atoms with Gasteiger partial charge in [-0.3, -0.25) is 0 Å². The molecule has 11 aromatic carbocycles. The lowest BCUT2D eigenvalue weighted by Crippen LogP contribution is -2.27. The fourth-order valence-electron chi connectivity index (χ4n) is 13.6. The molecular formula is C74H61N. The predicted molar refractivity (Wildman–Crippen MR) is 318 cm³/mol. The molecule has 0 unspecified atom stereocenters. The zero-order valence-electron chi connectivity index (χ0n) is 44.3. The van der Waals surface area contributed by atoms with Crippen molar-refractivity contribution < 1.29 is 0 Å². The average Bonchev–Trinajstić information content (AvgIpc) is 4.15. The van der Waals surface area contributed by atoms with Crippen LogP contribution in [0.2, 0.25) is 0 Å². The molecular weight excluding hydrogens is 903 g/mol. The molecule has 0 saturated carbocycles. The Hall–Kier alpha value is -8.26. The van der Waals surface area contributed by atoms with Crippen LogP contribution in [0.3, 0.4) is 0 Å². The third-order valence-corrected chi connectivity index (χ3v) is 17.4. The van der Waals surface area contributed by atoms with Crippen molar-refractivity contribution in [1.29, 1.82) is 0 Å². The minimum atomic E-state index is -0.435. The Morgan fingerprint density at radius 2 is 0.853 bits per heavy atom. The second kappa shape index (κ2) is 16.1. The summed E-state index contributed by atoms with van der Waals surface area (Å²) in [7, 11) is 0. The lowest BCUT2D eigenvalue weighted by atomic mass is 9.68. The molecule has 0 aromatic heterocycles. The molecule has 0 aliphatic heterocycles. The molecule has 0 bridgehead atoms. The van der Waals surface area contributed by atoms with Crippen molar-refractivity contribution in [3.63, 3.8) is 0 Å². The van der Waals surface area contributed by atoms with Gasteiger partial charge in [-0.2, -0.15) is 0 Å². The van der Waals surface area contributed by atoms with E-state index >= 15 is 0 Å². The molecule has 3 aliphatic carbocycles. The SMILES string of the molecule is CC(C)(C)c1ccc2c(c1)C1(c3ccccc3-c3cc(-c4ccc(N(c5ccccc5-c5cccc6c5-c5ccccc5C6(C)C)c5cccc6c5ccc5ccccc56)cc4)ccc31)c1cc(C(C)(C)C)ccc1-2. The molecule has 3 aliphatic rings. The fraction of sp³-hybridized carbons (Fsp3) is 0.162. The van der Waals surface area contributed by atoms with E-state index < -0.39 is 5.41 Å². The summed E-state index contributed by atoms with van der Waals surface area (Å²) in [6.45, 7) is 18.8. The number of rotatable bonds is 5. The van der Waals surface area contributed by atoms with Crippen molar-refractivity contribution in [2.24, 2.45) is 0 Å². The van der Waals surface area contributed by atoms with Crippen molar-refractivity contribution >= 4 is 38.6 Å². The van der Waals surface area contributed by atoms with E-state index in [1.807, 2.05) is 0 Å². The van der Waals surface area contributed by atoms with Crippen LogP contribution in [0.5, 0.6) is 0 Å². The topological polar surface area (TPSA) is 3.24 Å². The third-order valence-electron chi connectivity index (χ3n) is 17.4. The van der Waals surface area contributed by atoms with Gasteiger partial charge in [0.05, 0.1) is 16.8 Å². The minimum Gasteiger partial charge on any atom is -0.309 e. The Kier molecular flexibility index (Phi) is 9.75. The summed E-state index contributed by atoms with van der Waals surface area (Å²) in [5, 5.41) is 4.96. The van der Waals surface area contributed by atoms with Gasteiger partial charge in [0.25, 0.3) is 0 Å². The van der Waals surface area contributed by atoms with E-state index in [1.165, 1.54) is 122 Å². The summed E-state index contributed by atoms with van der Waals surface area (Å²) in [6, 6.07) is 85.7. The number of para-hydroxylation sites is 1. The number of benzene rings is 11. The van der Waals surface area contributed by atoms with Gasteiger partial charge in [0.1, 0.15) is 0 Å². The maximum absolute atomic E-state index is 2.54. The highest BCUT2D eigenvalue weighted by Gasteiger charge is 2.52. The van der Waals surface area contributed by atoms with Crippen LogP contribution in [0.15, 0.2) is 224 Å². The summed E-state index contributed by atoms with van der Waals surface area (Å²) in [6.07, 6.45) is 0. The van der Waals surface area contributed by atoms with Crippen molar-refractivity contribution in [2.75, 3.05) is 4.90 Å². The Balaban J connectivity index is 0.945. The van der Waals surface area contributed by atoms with Crippen LogP contribution in [0.4, 0.5) is 17.1 Å². The zero-order chi connectivity index (χ0) is 51.2. The van der Waals surface area contributed by atoms with E-state index in [0.717, 1.165) is 17.1 Å². The first-order valence-corrected chi connectivity index (χ1v) is 26.9. The Labute approximate surface area is 442 Å². The fourth-order valence-corrected chi connectivity index (χ4v) is 13.6. The van der Waals surface area contributed by atoms with Gasteiger partial charge in [-0.1, -0.05) is 250 Å². The number of anilines is 3. The third kappa shape index (κ3) is 6.56. The standard InChI is InChI=1S/C74H61N/c1-71(2,3)49-35-40-55-56-41-36-50(72(4,5)6)45-67(56)74(66(55)44-49)63-27-15-11-21-54(63)61-43-48(34-42-64(61)74)46-31-37-51(38-32-46)75(69-30-18-24-53-52-20-10-9-19-47(52)33-39-58(53)69)68-29-16-13-22-57(68)59-25-17-28-65-70(59)60-23-12-14-26-62(60)73(65,7)8/h9-45H,1-8H3. The molecule has 0 atom stereocenters. The summed E-state index contributed by atoms with van der Waals surface area (Å²) in [5.41, 5.74) is 26.7. The van der Waals surface area contributed by atoms with Gasteiger partial charge in [-0.15, -0.1) is 0 Å². The predicted octanol–water partition coefficient (Wildman–Crippen LogP) is 20.0. The van der Waals surface area contributed by atoms with E-state index in [2.05, 4.69) is 285 Å². The van der Waals surface area contributed by atoms with Crippen LogP contribution in [-0.4, -0.2) is 0 Å². The van der Waals surface area contributed by atoms with Gasteiger partial charge >= 0.3 is 0 Å². The molecule has 0 fully saturated rings. The number of hydrogen-bond donors (Lipinski definition) is 0. The molecule has 0 radical (unpaired) electrons. The van der Waals surface area contributed by atoms with E-state index in [0.29, 0.717) is 0 Å². The van der Waals surface area contributed by atoms with E-state index in [-0.39, 0.29) is 16.2 Å². The quantitative estimate of drug-likeness (QED) is 0.155. The van der Waals surface area contributed by atoms with Gasteiger partial charge in [0, 0.05) is 22.1 Å². The number of hydrogen-bond acceptors (Lipinski definition) is 1. The van der Waals surface area contributed by atoms with E-state index in [9.17, 15) is 0 Å². The second-order valence-electron chi connectivity index (χ2n) is 24.0. The number of nitrogens with zero attached hydrogens (tertiary/aromatic N) is 1. The Bertz CT molecular complexity index is 4100. The van der Waals surface area contributed by atoms with Crippen LogP contribution < -0.4 is 4.90 Å². The van der Waals surface area contributed by atoms with Crippen LogP contribution in [0.25, 0.3) is 77.2 Å². The van der Waals surface area contributed by atoms with Crippen molar-refractivity contribution in [3.05, 3.63) is 269 Å². The monoisotopic (exact) mass is 963 g/mol. The molecule has 362 valence electrons. The maximum Gasteiger partial charge on any atom is 0.0725 e. The molecule has 0 saturated heterocycles. The van der Waals surface area contributed by atoms with Gasteiger partial charge in [-0.05, 0) is 152 Å². The molecule has 1 heteroatoms. The first kappa shape index (κ1) is 45.4. The maximum atomic E-state index is 2.54. The molecule has 14 rings (SSSR count). The first-order valence-electron chi connectivity index (χ1n) is 26.9. The van der Waals surface area contributed by atoms with Gasteiger partial charge in [0.2, 0.25) is 0 Å². The smallest absolute Gasteiger partial charge is 0.0725 e.